The molecular formula is C44H29NO4. The average molecular weight is 636 g/mol. The predicted octanol–water partition coefficient (Wildman–Crippen LogP) is 9.33. The van der Waals surface area contributed by atoms with Crippen molar-refractivity contribution in [3.05, 3.63) is 165 Å². The van der Waals surface area contributed by atoms with E-state index in [1.807, 2.05) is 104 Å². The number of anilines is 2. The number of rotatable bonds is 2. The predicted molar refractivity (Wildman–Crippen MR) is 194 cm³/mol. The molecule has 2 aliphatic carbocycles. The van der Waals surface area contributed by atoms with Gasteiger partial charge in [0.2, 0.25) is 0 Å². The Morgan fingerprint density at radius 1 is 0.469 bits per heavy atom. The molecule has 0 saturated carbocycles. The molecular weight excluding hydrogens is 606 g/mol. The number of hydrogen-bond acceptors (Lipinski definition) is 5. The van der Waals surface area contributed by atoms with E-state index in [1.165, 1.54) is 0 Å². The maximum absolute atomic E-state index is 13.5. The van der Waals surface area contributed by atoms with Crippen LogP contribution in [0.2, 0.25) is 0 Å². The van der Waals surface area contributed by atoms with Crippen molar-refractivity contribution in [3.8, 4) is 0 Å². The van der Waals surface area contributed by atoms with Gasteiger partial charge in [0, 0.05) is 46.1 Å². The molecule has 0 atom stereocenters. The number of fused-ring (bicyclic) bond motifs is 6. The van der Waals surface area contributed by atoms with Gasteiger partial charge in [-0.05, 0) is 104 Å². The summed E-state index contributed by atoms with van der Waals surface area (Å²) in [6.45, 7) is 4.29. The van der Waals surface area contributed by atoms with Gasteiger partial charge < -0.3 is 4.90 Å². The van der Waals surface area contributed by atoms with Crippen molar-refractivity contribution in [2.24, 2.45) is 0 Å². The van der Waals surface area contributed by atoms with E-state index >= 15 is 0 Å². The number of carbonyl (C=O) groups excluding carboxylic acids is 4. The van der Waals surface area contributed by atoms with Crippen LogP contribution in [0.4, 0.5) is 11.4 Å². The highest BCUT2D eigenvalue weighted by Gasteiger charge is 2.38. The Morgan fingerprint density at radius 3 is 1.12 bits per heavy atom. The van der Waals surface area contributed by atoms with E-state index in [-0.39, 0.29) is 34.3 Å². The number of hydrogen-bond donors (Lipinski definition) is 0. The number of nitrogens with zero attached hydrogens (tertiary/aromatic N) is 1. The largest absolute Gasteiger partial charge is 0.344 e. The van der Waals surface area contributed by atoms with E-state index in [2.05, 4.69) is 30.9 Å². The van der Waals surface area contributed by atoms with E-state index in [1.54, 1.807) is 12.2 Å². The minimum atomic E-state index is -0.477. The van der Waals surface area contributed by atoms with Crippen molar-refractivity contribution in [1.29, 1.82) is 0 Å². The standard InChI is InChI=1S/C44H29NO4/c1-44(2)36-18-24(16-34-40(46)30-20-26-8-4-5-9-27(26)21-31(30)41(34)47)12-14-38(36)45(3)39-15-13-25(19-37(39)44)17-35-42(48)32-22-28-10-6-7-11-29(28)23-33(32)43(35)49/h4-23H,1-3H3. The van der Waals surface area contributed by atoms with Crippen molar-refractivity contribution in [2.75, 3.05) is 11.9 Å². The van der Waals surface area contributed by atoms with Crippen LogP contribution in [0.5, 0.6) is 0 Å². The van der Waals surface area contributed by atoms with Crippen LogP contribution < -0.4 is 4.90 Å². The van der Waals surface area contributed by atoms with E-state index in [0.29, 0.717) is 22.3 Å². The summed E-state index contributed by atoms with van der Waals surface area (Å²) >= 11 is 0. The van der Waals surface area contributed by atoms with Gasteiger partial charge in [-0.15, -0.1) is 0 Å². The zero-order chi connectivity index (χ0) is 33.8. The molecule has 0 N–H and O–H groups in total. The molecule has 6 aromatic rings. The van der Waals surface area contributed by atoms with Crippen molar-refractivity contribution in [3.63, 3.8) is 0 Å². The molecule has 0 amide bonds. The summed E-state index contributed by atoms with van der Waals surface area (Å²) < 4.78 is 0. The first-order chi connectivity index (χ1) is 23.6. The highest BCUT2D eigenvalue weighted by atomic mass is 16.2. The molecule has 0 radical (unpaired) electrons. The second-order valence-corrected chi connectivity index (χ2v) is 13.7. The molecule has 0 fully saturated rings. The Balaban J connectivity index is 1.08. The first-order valence-corrected chi connectivity index (χ1v) is 16.3. The van der Waals surface area contributed by atoms with E-state index in [9.17, 15) is 19.2 Å². The molecule has 0 unspecified atom stereocenters. The summed E-state index contributed by atoms with van der Waals surface area (Å²) in [4.78, 5) is 56.1. The summed E-state index contributed by atoms with van der Waals surface area (Å²) in [6, 6.07) is 34.8. The van der Waals surface area contributed by atoms with Crippen LogP contribution >= 0.6 is 0 Å². The second-order valence-electron chi connectivity index (χ2n) is 13.7. The number of allylic oxidation sites excluding steroid dienone is 2. The molecule has 9 rings (SSSR count). The number of ketones is 4. The van der Waals surface area contributed by atoms with Gasteiger partial charge in [0.1, 0.15) is 0 Å². The van der Waals surface area contributed by atoms with Gasteiger partial charge in [-0.1, -0.05) is 74.5 Å². The lowest BCUT2D eigenvalue weighted by Crippen LogP contribution is -2.31. The SMILES string of the molecule is CN1c2ccc(C=C3C(=O)c4cc5ccccc5cc4C3=O)cc2C(C)(C)c2cc(C=C3C(=O)c4cc5ccccc5cc4C3=O)ccc21. The Bertz CT molecular complexity index is 2330. The average Bonchev–Trinajstić information content (AvgIpc) is 3.48. The van der Waals surface area contributed by atoms with Crippen LogP contribution in [-0.2, 0) is 5.41 Å². The summed E-state index contributed by atoms with van der Waals surface area (Å²) in [5.74, 6) is -1.02. The molecule has 0 aromatic heterocycles. The highest BCUT2D eigenvalue weighted by Crippen LogP contribution is 2.49. The highest BCUT2D eigenvalue weighted by molar-refractivity contribution is 6.43. The maximum atomic E-state index is 13.5. The van der Waals surface area contributed by atoms with Crippen LogP contribution in [0.1, 0.15) is 77.5 Å². The maximum Gasteiger partial charge on any atom is 0.197 e. The van der Waals surface area contributed by atoms with E-state index < -0.39 is 5.41 Å². The van der Waals surface area contributed by atoms with Gasteiger partial charge in [-0.25, -0.2) is 0 Å². The van der Waals surface area contributed by atoms with Crippen molar-refractivity contribution in [1.82, 2.24) is 0 Å². The minimum Gasteiger partial charge on any atom is -0.344 e. The lowest BCUT2D eigenvalue weighted by Gasteiger charge is -2.40. The van der Waals surface area contributed by atoms with Crippen LogP contribution in [-0.4, -0.2) is 30.2 Å². The molecule has 5 nitrogen and oxygen atoms in total. The Kier molecular flexibility index (Phi) is 6.00. The summed E-state index contributed by atoms with van der Waals surface area (Å²) in [7, 11) is 2.01. The van der Waals surface area contributed by atoms with Crippen LogP contribution in [0.25, 0.3) is 33.7 Å². The molecule has 234 valence electrons. The topological polar surface area (TPSA) is 71.5 Å². The minimum absolute atomic E-state index is 0.168. The van der Waals surface area contributed by atoms with E-state index in [0.717, 1.165) is 55.2 Å². The second kappa shape index (κ2) is 10.1. The van der Waals surface area contributed by atoms with E-state index in [4.69, 9.17) is 0 Å². The first kappa shape index (κ1) is 29.0. The summed E-state index contributed by atoms with van der Waals surface area (Å²) in [5, 5.41) is 3.71. The third-order valence-corrected chi connectivity index (χ3v) is 10.5. The zero-order valence-corrected chi connectivity index (χ0v) is 27.1. The van der Waals surface area contributed by atoms with Crippen LogP contribution in [0, 0.1) is 0 Å². The van der Waals surface area contributed by atoms with Gasteiger partial charge in [0.05, 0.1) is 11.1 Å². The fourth-order valence-electron chi connectivity index (χ4n) is 7.76. The molecule has 6 aromatic carbocycles. The summed E-state index contributed by atoms with van der Waals surface area (Å²) in [6.07, 6.45) is 3.42. The molecule has 5 heteroatoms. The molecule has 1 aliphatic heterocycles. The van der Waals surface area contributed by atoms with Gasteiger partial charge in [-0.3, -0.25) is 19.2 Å². The number of benzene rings is 6. The van der Waals surface area contributed by atoms with Crippen LogP contribution in [0.3, 0.4) is 0 Å². The van der Waals surface area contributed by atoms with Crippen LogP contribution in [0.15, 0.2) is 120 Å². The number of carbonyl (C=O) groups is 4. The number of Topliss-reactive ketones (excluding diaryl/α,β-unsaturated/α-hetero) is 4. The third-order valence-electron chi connectivity index (χ3n) is 10.5. The lowest BCUT2D eigenvalue weighted by atomic mass is 9.73. The van der Waals surface area contributed by atoms with Gasteiger partial charge in [-0.2, -0.15) is 0 Å². The monoisotopic (exact) mass is 635 g/mol. The summed E-state index contributed by atoms with van der Waals surface area (Å²) in [5.41, 5.74) is 7.28. The fourth-order valence-corrected chi connectivity index (χ4v) is 7.76. The van der Waals surface area contributed by atoms with Gasteiger partial charge >= 0.3 is 0 Å². The third kappa shape index (κ3) is 4.18. The Morgan fingerprint density at radius 2 is 0.796 bits per heavy atom. The van der Waals surface area contributed by atoms with Crippen molar-refractivity contribution in [2.45, 2.75) is 19.3 Å². The van der Waals surface area contributed by atoms with Gasteiger partial charge in [0.25, 0.3) is 0 Å². The first-order valence-electron chi connectivity index (χ1n) is 16.3. The van der Waals surface area contributed by atoms with Crippen molar-refractivity contribution < 1.29 is 19.2 Å². The molecule has 49 heavy (non-hydrogen) atoms. The molecule has 0 saturated heterocycles. The smallest absolute Gasteiger partial charge is 0.197 e. The van der Waals surface area contributed by atoms with Crippen molar-refractivity contribution >= 4 is 68.2 Å². The quantitative estimate of drug-likeness (QED) is 0.140. The Hall–Kier alpha value is -6.20. The molecule has 1 heterocycles. The molecule has 0 bridgehead atoms. The normalized spacial score (nSPS) is 15.9. The fraction of sp³-hybridized carbons (Fsp3) is 0.0909. The molecule has 3 aliphatic rings. The zero-order valence-electron chi connectivity index (χ0n) is 27.1. The molecule has 0 spiro atoms. The van der Waals surface area contributed by atoms with Gasteiger partial charge in [0.15, 0.2) is 23.1 Å². The lowest BCUT2D eigenvalue weighted by molar-refractivity contribution is 0.0975. The Labute approximate surface area is 282 Å².